The van der Waals surface area contributed by atoms with Crippen LogP contribution >= 0.6 is 23.2 Å². The molecule has 3 nitrogen and oxygen atoms in total. The Morgan fingerprint density at radius 3 is 2.41 bits per heavy atom. The number of nitrogen functional groups attached to an aromatic ring is 1. The summed E-state index contributed by atoms with van der Waals surface area (Å²) in [5, 5.41) is 2.19. The Balaban J connectivity index is 2.86. The Bertz CT molecular complexity index is 425. The minimum atomic E-state index is -4.59. The summed E-state index contributed by atoms with van der Waals surface area (Å²) in [7, 11) is 0. The van der Waals surface area contributed by atoms with Crippen LogP contribution < -0.4 is 11.1 Å². The van der Waals surface area contributed by atoms with Crippen molar-refractivity contribution in [3.8, 4) is 0 Å². The van der Waals surface area contributed by atoms with Gasteiger partial charge in [0.15, 0.2) is 0 Å². The molecule has 0 aromatic heterocycles. The number of hydrogen-bond donors (Lipinski definition) is 2. The first-order chi connectivity index (χ1) is 7.69. The molecule has 0 spiro atoms. The summed E-state index contributed by atoms with van der Waals surface area (Å²) in [6.45, 7) is 0. The SMILES string of the molecule is Nc1cc(Cl)cc(Cl)c1NC(=O)CC(F)(F)F. The highest BCUT2D eigenvalue weighted by Crippen LogP contribution is 2.32. The molecule has 0 radical (unpaired) electrons. The maximum Gasteiger partial charge on any atom is 0.397 e. The van der Waals surface area contributed by atoms with Crippen LogP contribution in [0.15, 0.2) is 12.1 Å². The molecular weight excluding hydrogens is 280 g/mol. The molecule has 8 heteroatoms. The predicted octanol–water partition coefficient (Wildman–Crippen LogP) is 3.47. The predicted molar refractivity (Wildman–Crippen MR) is 60.2 cm³/mol. The fourth-order valence-electron chi connectivity index (χ4n) is 1.09. The maximum atomic E-state index is 11.9. The monoisotopic (exact) mass is 286 g/mol. The molecule has 0 unspecified atom stereocenters. The van der Waals surface area contributed by atoms with E-state index < -0.39 is 18.5 Å². The van der Waals surface area contributed by atoms with Crippen LogP contribution in [0.25, 0.3) is 0 Å². The van der Waals surface area contributed by atoms with Crippen molar-refractivity contribution in [2.24, 2.45) is 0 Å². The van der Waals surface area contributed by atoms with Crippen LogP contribution in [0.4, 0.5) is 24.5 Å². The molecule has 0 saturated carbocycles. The Morgan fingerprint density at radius 2 is 1.94 bits per heavy atom. The number of nitrogens with one attached hydrogen (secondary N) is 1. The van der Waals surface area contributed by atoms with Crippen molar-refractivity contribution >= 4 is 40.5 Å². The zero-order valence-corrected chi connectivity index (χ0v) is 9.75. The molecule has 0 atom stereocenters. The lowest BCUT2D eigenvalue weighted by atomic mass is 10.2. The van der Waals surface area contributed by atoms with Crippen molar-refractivity contribution in [2.75, 3.05) is 11.1 Å². The van der Waals surface area contributed by atoms with Crippen LogP contribution in [0.2, 0.25) is 10.0 Å². The zero-order chi connectivity index (χ0) is 13.2. The summed E-state index contributed by atoms with van der Waals surface area (Å²) < 4.78 is 35.8. The number of alkyl halides is 3. The van der Waals surface area contributed by atoms with Gasteiger partial charge in [0.2, 0.25) is 5.91 Å². The van der Waals surface area contributed by atoms with Gasteiger partial charge in [0.05, 0.1) is 16.4 Å². The van der Waals surface area contributed by atoms with E-state index in [1.165, 1.54) is 12.1 Å². The second kappa shape index (κ2) is 5.01. The molecule has 94 valence electrons. The second-order valence-corrected chi connectivity index (χ2v) is 4.04. The van der Waals surface area contributed by atoms with Crippen molar-refractivity contribution in [3.63, 3.8) is 0 Å². The van der Waals surface area contributed by atoms with Crippen LogP contribution in [0.5, 0.6) is 0 Å². The molecule has 17 heavy (non-hydrogen) atoms. The third kappa shape index (κ3) is 4.32. The zero-order valence-electron chi connectivity index (χ0n) is 8.24. The number of benzene rings is 1. The second-order valence-electron chi connectivity index (χ2n) is 3.19. The average Bonchev–Trinajstić information content (AvgIpc) is 2.08. The molecule has 0 aliphatic rings. The third-order valence-corrected chi connectivity index (χ3v) is 2.23. The van der Waals surface area contributed by atoms with Crippen LogP contribution in [0.1, 0.15) is 6.42 Å². The number of amides is 1. The van der Waals surface area contributed by atoms with Gasteiger partial charge in [0.25, 0.3) is 0 Å². The lowest BCUT2D eigenvalue weighted by Gasteiger charge is -2.11. The highest BCUT2D eigenvalue weighted by molar-refractivity contribution is 6.37. The van der Waals surface area contributed by atoms with Crippen LogP contribution in [0, 0.1) is 0 Å². The lowest BCUT2D eigenvalue weighted by Crippen LogP contribution is -2.21. The van der Waals surface area contributed by atoms with Crippen molar-refractivity contribution in [3.05, 3.63) is 22.2 Å². The van der Waals surface area contributed by atoms with Gasteiger partial charge in [0.1, 0.15) is 6.42 Å². The fraction of sp³-hybridized carbons (Fsp3) is 0.222. The van der Waals surface area contributed by atoms with Crippen molar-refractivity contribution in [1.29, 1.82) is 0 Å². The maximum absolute atomic E-state index is 11.9. The number of carbonyl (C=O) groups excluding carboxylic acids is 1. The number of halogens is 5. The van der Waals surface area contributed by atoms with Crippen molar-refractivity contribution in [2.45, 2.75) is 12.6 Å². The molecule has 0 aliphatic carbocycles. The normalized spacial score (nSPS) is 11.4. The Kier molecular flexibility index (Phi) is 4.11. The van der Waals surface area contributed by atoms with Gasteiger partial charge in [-0.05, 0) is 12.1 Å². The number of anilines is 2. The molecule has 1 amide bonds. The van der Waals surface area contributed by atoms with Gasteiger partial charge in [-0.3, -0.25) is 4.79 Å². The summed E-state index contributed by atoms with van der Waals surface area (Å²) in [6.07, 6.45) is -6.19. The van der Waals surface area contributed by atoms with E-state index in [0.29, 0.717) is 0 Å². The lowest BCUT2D eigenvalue weighted by molar-refractivity contribution is -0.150. The van der Waals surface area contributed by atoms with E-state index >= 15 is 0 Å². The van der Waals surface area contributed by atoms with E-state index in [4.69, 9.17) is 28.9 Å². The molecular formula is C9H7Cl2F3N2O. The highest BCUT2D eigenvalue weighted by atomic mass is 35.5. The number of nitrogens with two attached hydrogens (primary N) is 1. The van der Waals surface area contributed by atoms with Crippen molar-refractivity contribution in [1.82, 2.24) is 0 Å². The van der Waals surface area contributed by atoms with Gasteiger partial charge in [-0.1, -0.05) is 23.2 Å². The average molecular weight is 287 g/mol. The van der Waals surface area contributed by atoms with E-state index in [0.717, 1.165) is 0 Å². The Hall–Kier alpha value is -1.14. The molecule has 0 bridgehead atoms. The molecule has 1 rings (SSSR count). The van der Waals surface area contributed by atoms with Gasteiger partial charge < -0.3 is 11.1 Å². The van der Waals surface area contributed by atoms with E-state index in [2.05, 4.69) is 0 Å². The first-order valence-corrected chi connectivity index (χ1v) is 5.06. The first-order valence-electron chi connectivity index (χ1n) is 4.30. The summed E-state index contributed by atoms with van der Waals surface area (Å²) in [6, 6.07) is 2.54. The van der Waals surface area contributed by atoms with Crippen molar-refractivity contribution < 1.29 is 18.0 Å². The van der Waals surface area contributed by atoms with Gasteiger partial charge in [-0.15, -0.1) is 0 Å². The van der Waals surface area contributed by atoms with E-state index in [-0.39, 0.29) is 21.4 Å². The smallest absolute Gasteiger partial charge is 0.397 e. The summed E-state index contributed by atoms with van der Waals surface area (Å²) >= 11 is 11.3. The molecule has 1 aromatic carbocycles. The minimum absolute atomic E-state index is 0.00183. The van der Waals surface area contributed by atoms with Gasteiger partial charge in [0, 0.05) is 5.02 Å². The fourth-order valence-corrected chi connectivity index (χ4v) is 1.65. The van der Waals surface area contributed by atoms with Gasteiger partial charge in [-0.2, -0.15) is 13.2 Å². The topological polar surface area (TPSA) is 55.1 Å². The molecule has 0 fully saturated rings. The third-order valence-electron chi connectivity index (χ3n) is 1.71. The molecule has 3 N–H and O–H groups in total. The number of carbonyl (C=O) groups is 1. The molecule has 0 aliphatic heterocycles. The quantitative estimate of drug-likeness (QED) is 0.818. The molecule has 0 saturated heterocycles. The van der Waals surface area contributed by atoms with E-state index in [1.54, 1.807) is 0 Å². The molecule has 1 aromatic rings. The Labute approximate surface area is 105 Å². The Morgan fingerprint density at radius 1 is 1.35 bits per heavy atom. The first kappa shape index (κ1) is 13.9. The standard InChI is InChI=1S/C9H7Cl2F3N2O/c10-4-1-5(11)8(6(15)2-4)16-7(17)3-9(12,13)14/h1-2H,3,15H2,(H,16,17). The van der Waals surface area contributed by atoms with Crippen LogP contribution in [0.3, 0.4) is 0 Å². The molecule has 0 heterocycles. The summed E-state index contributed by atoms with van der Waals surface area (Å²) in [5.74, 6) is -1.24. The summed E-state index contributed by atoms with van der Waals surface area (Å²) in [4.78, 5) is 11.0. The number of rotatable bonds is 2. The van der Waals surface area contributed by atoms with Crippen LogP contribution in [-0.2, 0) is 4.79 Å². The summed E-state index contributed by atoms with van der Waals surface area (Å²) in [5.41, 5.74) is 5.39. The van der Waals surface area contributed by atoms with E-state index in [9.17, 15) is 18.0 Å². The highest BCUT2D eigenvalue weighted by Gasteiger charge is 2.31. The van der Waals surface area contributed by atoms with Gasteiger partial charge in [-0.25, -0.2) is 0 Å². The minimum Gasteiger partial charge on any atom is -0.397 e. The largest absolute Gasteiger partial charge is 0.397 e. The van der Waals surface area contributed by atoms with Crippen LogP contribution in [-0.4, -0.2) is 12.1 Å². The van der Waals surface area contributed by atoms with E-state index in [1.807, 2.05) is 5.32 Å². The number of hydrogen-bond acceptors (Lipinski definition) is 2. The van der Waals surface area contributed by atoms with Gasteiger partial charge >= 0.3 is 6.18 Å².